The van der Waals surface area contributed by atoms with Crippen LogP contribution >= 0.6 is 0 Å². The first kappa shape index (κ1) is 16.0. The minimum Gasteiger partial charge on any atom is -0.232 e. The van der Waals surface area contributed by atoms with Crippen molar-refractivity contribution in [2.24, 2.45) is 7.05 Å². The smallest absolute Gasteiger partial charge is 0.232 e. The summed E-state index contributed by atoms with van der Waals surface area (Å²) in [4.78, 5) is 4.80. The van der Waals surface area contributed by atoms with Crippen LogP contribution < -0.4 is 4.57 Å². The fourth-order valence-electron chi connectivity index (χ4n) is 4.09. The zero-order valence-electron chi connectivity index (χ0n) is 15.7. The van der Waals surface area contributed by atoms with Gasteiger partial charge < -0.3 is 0 Å². The molecule has 1 heterocycles. The van der Waals surface area contributed by atoms with E-state index in [9.17, 15) is 0 Å². The SMILES string of the molecule is Cc1ccc(C)c(-c2c3c(nc[n+]2C)-c2cccc(C(C)C)c2C3)c1. The molecule has 1 aromatic heterocycles. The van der Waals surface area contributed by atoms with Crippen LogP contribution in [0.15, 0.2) is 42.7 Å². The van der Waals surface area contributed by atoms with E-state index in [1.54, 1.807) is 0 Å². The largest absolute Gasteiger partial charge is 0.287 e. The van der Waals surface area contributed by atoms with Gasteiger partial charge in [-0.3, -0.25) is 0 Å². The molecule has 0 aliphatic heterocycles. The third kappa shape index (κ3) is 2.48. The molecule has 0 spiro atoms. The molecule has 0 unspecified atom stereocenters. The quantitative estimate of drug-likeness (QED) is 0.479. The van der Waals surface area contributed by atoms with Crippen LogP contribution in [0.2, 0.25) is 0 Å². The molecular formula is C23H25N2+. The van der Waals surface area contributed by atoms with Gasteiger partial charge in [0.15, 0.2) is 5.69 Å². The third-order valence-corrected chi connectivity index (χ3v) is 5.38. The second kappa shape index (κ2) is 5.80. The van der Waals surface area contributed by atoms with Crippen LogP contribution in [0.25, 0.3) is 22.5 Å². The summed E-state index contributed by atoms with van der Waals surface area (Å²) < 4.78 is 2.18. The molecule has 0 bridgehead atoms. The average molecular weight is 329 g/mol. The highest BCUT2D eigenvalue weighted by Gasteiger charge is 2.32. The van der Waals surface area contributed by atoms with E-state index in [0.29, 0.717) is 5.92 Å². The number of benzene rings is 2. The summed E-state index contributed by atoms with van der Waals surface area (Å²) in [6.45, 7) is 8.91. The highest BCUT2D eigenvalue weighted by atomic mass is 15.0. The second-order valence-corrected chi connectivity index (χ2v) is 7.55. The van der Waals surface area contributed by atoms with Crippen molar-refractivity contribution in [1.82, 2.24) is 4.98 Å². The summed E-state index contributed by atoms with van der Waals surface area (Å²) in [5.74, 6) is 0.530. The molecule has 2 heteroatoms. The summed E-state index contributed by atoms with van der Waals surface area (Å²) in [5, 5.41) is 0. The molecular weight excluding hydrogens is 304 g/mol. The van der Waals surface area contributed by atoms with Gasteiger partial charge in [-0.05, 0) is 47.5 Å². The van der Waals surface area contributed by atoms with Crippen molar-refractivity contribution in [3.8, 4) is 22.5 Å². The van der Waals surface area contributed by atoms with Crippen molar-refractivity contribution in [2.45, 2.75) is 40.0 Å². The van der Waals surface area contributed by atoms with Gasteiger partial charge in [0.25, 0.3) is 6.33 Å². The van der Waals surface area contributed by atoms with Crippen LogP contribution in [-0.4, -0.2) is 4.98 Å². The lowest BCUT2D eigenvalue weighted by atomic mass is 9.93. The number of rotatable bonds is 2. The van der Waals surface area contributed by atoms with E-state index in [-0.39, 0.29) is 0 Å². The fraction of sp³-hybridized carbons (Fsp3) is 0.304. The lowest BCUT2D eigenvalue weighted by Crippen LogP contribution is -2.33. The Balaban J connectivity index is 1.98. The molecule has 4 rings (SSSR count). The van der Waals surface area contributed by atoms with Gasteiger partial charge in [-0.1, -0.05) is 49.7 Å². The molecule has 2 nitrogen and oxygen atoms in total. The van der Waals surface area contributed by atoms with Crippen molar-refractivity contribution >= 4 is 0 Å². The van der Waals surface area contributed by atoms with Gasteiger partial charge in [-0.2, -0.15) is 0 Å². The maximum Gasteiger partial charge on any atom is 0.287 e. The molecule has 0 amide bonds. The molecule has 0 radical (unpaired) electrons. The Hall–Kier alpha value is -2.48. The molecule has 1 aliphatic rings. The molecule has 0 N–H and O–H groups in total. The Labute approximate surface area is 150 Å². The van der Waals surface area contributed by atoms with E-state index >= 15 is 0 Å². The van der Waals surface area contributed by atoms with E-state index in [0.717, 1.165) is 12.1 Å². The van der Waals surface area contributed by atoms with Crippen LogP contribution in [0.4, 0.5) is 0 Å². The minimum atomic E-state index is 0.530. The highest BCUT2D eigenvalue weighted by molar-refractivity contribution is 5.81. The topological polar surface area (TPSA) is 16.8 Å². The standard InChI is InChI=1S/C23H25N2/c1-14(2)17-7-6-8-18-20(17)12-21-22(18)24-13-25(5)23(21)19-11-15(3)9-10-16(19)4/h6-11,13-14H,12H2,1-5H3/q+1. The summed E-state index contributed by atoms with van der Waals surface area (Å²) in [7, 11) is 2.11. The van der Waals surface area contributed by atoms with Gasteiger partial charge in [-0.15, -0.1) is 0 Å². The van der Waals surface area contributed by atoms with E-state index in [4.69, 9.17) is 4.98 Å². The van der Waals surface area contributed by atoms with Crippen molar-refractivity contribution < 1.29 is 4.57 Å². The summed E-state index contributed by atoms with van der Waals surface area (Å²) in [6.07, 6.45) is 2.94. The lowest BCUT2D eigenvalue weighted by Gasteiger charge is -2.11. The molecule has 3 aromatic rings. The Bertz CT molecular complexity index is 984. The first-order valence-electron chi connectivity index (χ1n) is 9.04. The zero-order valence-corrected chi connectivity index (χ0v) is 15.7. The van der Waals surface area contributed by atoms with Crippen LogP contribution in [0, 0.1) is 13.8 Å². The lowest BCUT2D eigenvalue weighted by molar-refractivity contribution is -0.663. The van der Waals surface area contributed by atoms with Crippen LogP contribution in [0.5, 0.6) is 0 Å². The number of nitrogens with zero attached hydrogens (tertiary/aromatic N) is 2. The molecule has 25 heavy (non-hydrogen) atoms. The fourth-order valence-corrected chi connectivity index (χ4v) is 4.09. The molecule has 1 aliphatic carbocycles. The van der Waals surface area contributed by atoms with Gasteiger partial charge in [-0.25, -0.2) is 4.57 Å². The molecule has 126 valence electrons. The second-order valence-electron chi connectivity index (χ2n) is 7.55. The number of hydrogen-bond donors (Lipinski definition) is 0. The maximum absolute atomic E-state index is 4.80. The average Bonchev–Trinajstić information content (AvgIpc) is 2.95. The molecule has 0 atom stereocenters. The first-order chi connectivity index (χ1) is 12.0. The van der Waals surface area contributed by atoms with Gasteiger partial charge in [0.1, 0.15) is 5.69 Å². The van der Waals surface area contributed by atoms with Crippen LogP contribution in [0.1, 0.15) is 47.6 Å². The number of fused-ring (bicyclic) bond motifs is 3. The number of hydrogen-bond acceptors (Lipinski definition) is 1. The first-order valence-corrected chi connectivity index (χ1v) is 9.04. The molecule has 0 saturated carbocycles. The number of aryl methyl sites for hydroxylation is 3. The maximum atomic E-state index is 4.80. The summed E-state index contributed by atoms with van der Waals surface area (Å²) >= 11 is 0. The Morgan fingerprint density at radius 1 is 1.00 bits per heavy atom. The van der Waals surface area contributed by atoms with Gasteiger partial charge in [0, 0.05) is 17.5 Å². The van der Waals surface area contributed by atoms with Gasteiger partial charge in [0.05, 0.1) is 12.6 Å². The Morgan fingerprint density at radius 3 is 2.56 bits per heavy atom. The monoisotopic (exact) mass is 329 g/mol. The molecule has 0 saturated heterocycles. The number of aromatic nitrogens is 2. The van der Waals surface area contributed by atoms with Crippen molar-refractivity contribution in [1.29, 1.82) is 0 Å². The molecule has 0 fully saturated rings. The van der Waals surface area contributed by atoms with Crippen molar-refractivity contribution in [3.05, 3.63) is 70.5 Å². The normalized spacial score (nSPS) is 12.4. The minimum absolute atomic E-state index is 0.530. The zero-order chi connectivity index (χ0) is 17.7. The van der Waals surface area contributed by atoms with Crippen molar-refractivity contribution in [3.63, 3.8) is 0 Å². The van der Waals surface area contributed by atoms with Crippen LogP contribution in [0.3, 0.4) is 0 Å². The predicted molar refractivity (Wildman–Crippen MR) is 103 cm³/mol. The van der Waals surface area contributed by atoms with E-state index in [1.807, 2.05) is 6.33 Å². The summed E-state index contributed by atoms with van der Waals surface area (Å²) in [5.41, 5.74) is 12.0. The van der Waals surface area contributed by atoms with Gasteiger partial charge >= 0.3 is 0 Å². The Kier molecular flexibility index (Phi) is 3.72. The van der Waals surface area contributed by atoms with E-state index < -0.39 is 0 Å². The van der Waals surface area contributed by atoms with Gasteiger partial charge in [0.2, 0.25) is 0 Å². The predicted octanol–water partition coefficient (Wildman–Crippen LogP) is 4.88. The Morgan fingerprint density at radius 2 is 1.80 bits per heavy atom. The van der Waals surface area contributed by atoms with Crippen LogP contribution in [-0.2, 0) is 13.5 Å². The highest BCUT2D eigenvalue weighted by Crippen LogP contribution is 2.42. The van der Waals surface area contributed by atoms with Crippen molar-refractivity contribution in [2.75, 3.05) is 0 Å². The van der Waals surface area contributed by atoms with E-state index in [2.05, 4.69) is 75.7 Å². The molecule has 2 aromatic carbocycles. The third-order valence-electron chi connectivity index (χ3n) is 5.38. The summed E-state index contributed by atoms with van der Waals surface area (Å²) in [6, 6.07) is 13.4. The van der Waals surface area contributed by atoms with E-state index in [1.165, 1.54) is 44.6 Å².